The monoisotopic (exact) mass is 248 g/mol. The van der Waals surface area contributed by atoms with Gasteiger partial charge in [0, 0.05) is 12.3 Å². The number of halogens is 2. The van der Waals surface area contributed by atoms with E-state index in [9.17, 15) is 0 Å². The molecule has 0 atom stereocenters. The molecule has 0 aliphatic carbocycles. The number of aryl methyl sites for hydroxylation is 1. The maximum atomic E-state index is 5.79. The zero-order valence-corrected chi connectivity index (χ0v) is 9.36. The molecule has 0 aromatic carbocycles. The lowest BCUT2D eigenvalue weighted by Gasteiger charge is -1.83. The smallest absolute Gasteiger partial charge is 0.228 e. The van der Waals surface area contributed by atoms with Crippen molar-refractivity contribution in [1.29, 1.82) is 0 Å². The van der Waals surface area contributed by atoms with Crippen molar-refractivity contribution in [3.05, 3.63) is 22.4 Å². The summed E-state index contributed by atoms with van der Waals surface area (Å²) in [5, 5.41) is 3.83. The molecule has 3 nitrogen and oxygen atoms in total. The SMILES string of the molecule is ClCCc1nc(-c2ccc(Cl)s2)no1. The molecule has 0 spiro atoms. The molecule has 0 aliphatic rings. The summed E-state index contributed by atoms with van der Waals surface area (Å²) in [6.07, 6.45) is 0.591. The fourth-order valence-electron chi connectivity index (χ4n) is 0.972. The normalized spacial score (nSPS) is 10.7. The molecule has 2 heterocycles. The minimum absolute atomic E-state index is 0.479. The van der Waals surface area contributed by atoms with Gasteiger partial charge in [-0.05, 0) is 12.1 Å². The molecule has 0 saturated heterocycles. The second-order valence-corrected chi connectivity index (χ2v) is 4.65. The van der Waals surface area contributed by atoms with Crippen molar-refractivity contribution >= 4 is 34.5 Å². The second kappa shape index (κ2) is 4.29. The van der Waals surface area contributed by atoms with Gasteiger partial charge in [0.05, 0.1) is 9.21 Å². The number of nitrogens with zero attached hydrogens (tertiary/aromatic N) is 2. The van der Waals surface area contributed by atoms with Crippen molar-refractivity contribution in [1.82, 2.24) is 10.1 Å². The minimum atomic E-state index is 0.479. The van der Waals surface area contributed by atoms with Gasteiger partial charge in [-0.15, -0.1) is 22.9 Å². The van der Waals surface area contributed by atoms with Gasteiger partial charge in [0.15, 0.2) is 0 Å². The standard InChI is InChI=1S/C8H6Cl2N2OS/c9-4-3-7-11-8(12-13-7)5-1-2-6(10)14-5/h1-2H,3-4H2. The van der Waals surface area contributed by atoms with Crippen LogP contribution in [-0.4, -0.2) is 16.0 Å². The highest BCUT2D eigenvalue weighted by Gasteiger charge is 2.09. The first kappa shape index (κ1) is 9.96. The van der Waals surface area contributed by atoms with Crippen LogP contribution in [0.5, 0.6) is 0 Å². The Morgan fingerprint density at radius 2 is 2.29 bits per heavy atom. The van der Waals surface area contributed by atoms with E-state index < -0.39 is 0 Å². The maximum absolute atomic E-state index is 5.79. The molecular weight excluding hydrogens is 243 g/mol. The second-order valence-electron chi connectivity index (χ2n) is 2.55. The molecule has 2 rings (SSSR count). The highest BCUT2D eigenvalue weighted by molar-refractivity contribution is 7.19. The summed E-state index contributed by atoms with van der Waals surface area (Å²) in [5.41, 5.74) is 0. The largest absolute Gasteiger partial charge is 0.339 e. The highest BCUT2D eigenvalue weighted by atomic mass is 35.5. The third kappa shape index (κ3) is 2.08. The van der Waals surface area contributed by atoms with Gasteiger partial charge in [0.1, 0.15) is 0 Å². The fourth-order valence-corrected chi connectivity index (χ4v) is 2.10. The third-order valence-corrected chi connectivity index (χ3v) is 2.99. The van der Waals surface area contributed by atoms with Crippen molar-refractivity contribution in [2.45, 2.75) is 6.42 Å². The van der Waals surface area contributed by atoms with Gasteiger partial charge >= 0.3 is 0 Å². The van der Waals surface area contributed by atoms with Crippen LogP contribution < -0.4 is 0 Å². The summed E-state index contributed by atoms with van der Waals surface area (Å²) in [6, 6.07) is 3.67. The Labute approximate surface area is 94.7 Å². The van der Waals surface area contributed by atoms with Crippen LogP contribution in [0.25, 0.3) is 10.7 Å². The van der Waals surface area contributed by atoms with Crippen molar-refractivity contribution in [3.63, 3.8) is 0 Å². The summed E-state index contributed by atoms with van der Waals surface area (Å²) in [7, 11) is 0. The molecule has 0 saturated carbocycles. The van der Waals surface area contributed by atoms with Crippen molar-refractivity contribution in [3.8, 4) is 10.7 Å². The predicted molar refractivity (Wildman–Crippen MR) is 57.0 cm³/mol. The zero-order chi connectivity index (χ0) is 9.97. The van der Waals surface area contributed by atoms with Crippen LogP contribution in [0.1, 0.15) is 5.89 Å². The molecule has 0 bridgehead atoms. The van der Waals surface area contributed by atoms with E-state index >= 15 is 0 Å². The molecular formula is C8H6Cl2N2OS. The number of rotatable bonds is 3. The quantitative estimate of drug-likeness (QED) is 0.784. The van der Waals surface area contributed by atoms with Crippen LogP contribution in [0.4, 0.5) is 0 Å². The number of hydrogen-bond acceptors (Lipinski definition) is 4. The average Bonchev–Trinajstić information content (AvgIpc) is 2.74. The lowest BCUT2D eigenvalue weighted by Crippen LogP contribution is -1.84. The summed E-state index contributed by atoms with van der Waals surface area (Å²) in [5.74, 6) is 1.61. The van der Waals surface area contributed by atoms with Crippen molar-refractivity contribution < 1.29 is 4.52 Å². The van der Waals surface area contributed by atoms with Crippen molar-refractivity contribution in [2.75, 3.05) is 5.88 Å². The van der Waals surface area contributed by atoms with Gasteiger partial charge in [-0.2, -0.15) is 4.98 Å². The Hall–Kier alpha value is -0.580. The van der Waals surface area contributed by atoms with Gasteiger partial charge in [-0.1, -0.05) is 16.8 Å². The number of alkyl halides is 1. The van der Waals surface area contributed by atoms with E-state index in [0.717, 1.165) is 4.88 Å². The predicted octanol–water partition coefficient (Wildman–Crippen LogP) is 3.23. The summed E-state index contributed by atoms with van der Waals surface area (Å²) in [6.45, 7) is 0. The van der Waals surface area contributed by atoms with Gasteiger partial charge in [0.2, 0.25) is 11.7 Å². The van der Waals surface area contributed by atoms with Crippen LogP contribution in [0.2, 0.25) is 4.34 Å². The molecule has 0 amide bonds. The number of aromatic nitrogens is 2. The fraction of sp³-hybridized carbons (Fsp3) is 0.250. The van der Waals surface area contributed by atoms with Crippen LogP contribution >= 0.6 is 34.5 Å². The highest BCUT2D eigenvalue weighted by Crippen LogP contribution is 2.28. The first-order valence-electron chi connectivity index (χ1n) is 3.94. The van der Waals surface area contributed by atoms with Crippen LogP contribution in [0, 0.1) is 0 Å². The number of hydrogen-bond donors (Lipinski definition) is 0. The first-order chi connectivity index (χ1) is 6.79. The van der Waals surface area contributed by atoms with E-state index in [1.54, 1.807) is 6.07 Å². The average molecular weight is 249 g/mol. The molecule has 14 heavy (non-hydrogen) atoms. The summed E-state index contributed by atoms with van der Waals surface area (Å²) < 4.78 is 5.70. The van der Waals surface area contributed by atoms with Crippen LogP contribution in [0.15, 0.2) is 16.7 Å². The zero-order valence-electron chi connectivity index (χ0n) is 7.04. The Bertz CT molecular complexity index is 426. The van der Waals surface area contributed by atoms with Crippen molar-refractivity contribution in [2.24, 2.45) is 0 Å². The van der Waals surface area contributed by atoms with Gasteiger partial charge < -0.3 is 4.52 Å². The van der Waals surface area contributed by atoms with Gasteiger partial charge in [0.25, 0.3) is 0 Å². The molecule has 0 unspecified atom stereocenters. The molecule has 74 valence electrons. The maximum Gasteiger partial charge on any atom is 0.228 e. The van der Waals surface area contributed by atoms with E-state index in [1.807, 2.05) is 6.07 Å². The Morgan fingerprint density at radius 1 is 1.43 bits per heavy atom. The lowest BCUT2D eigenvalue weighted by atomic mass is 10.4. The van der Waals surface area contributed by atoms with E-state index in [2.05, 4.69) is 10.1 Å². The third-order valence-electron chi connectivity index (χ3n) is 1.57. The number of thiophene rings is 1. The summed E-state index contributed by atoms with van der Waals surface area (Å²) in [4.78, 5) is 5.08. The Morgan fingerprint density at radius 3 is 2.93 bits per heavy atom. The topological polar surface area (TPSA) is 38.9 Å². The molecule has 2 aromatic rings. The Balaban J connectivity index is 2.24. The molecule has 0 radical (unpaired) electrons. The van der Waals surface area contributed by atoms with E-state index in [-0.39, 0.29) is 0 Å². The molecule has 6 heteroatoms. The molecule has 2 aromatic heterocycles. The molecule has 0 N–H and O–H groups in total. The summed E-state index contributed by atoms with van der Waals surface area (Å²) >= 11 is 12.8. The molecule has 0 aliphatic heterocycles. The Kier molecular flexibility index (Phi) is 3.05. The van der Waals surface area contributed by atoms with Crippen LogP contribution in [-0.2, 0) is 6.42 Å². The van der Waals surface area contributed by atoms with E-state index in [1.165, 1.54) is 11.3 Å². The first-order valence-corrected chi connectivity index (χ1v) is 5.67. The van der Waals surface area contributed by atoms with Gasteiger partial charge in [-0.3, -0.25) is 0 Å². The van der Waals surface area contributed by atoms with Crippen LogP contribution in [0.3, 0.4) is 0 Å². The van der Waals surface area contributed by atoms with E-state index in [0.29, 0.717) is 28.4 Å². The minimum Gasteiger partial charge on any atom is -0.339 e. The lowest BCUT2D eigenvalue weighted by molar-refractivity contribution is 0.383. The van der Waals surface area contributed by atoms with E-state index in [4.69, 9.17) is 27.7 Å². The van der Waals surface area contributed by atoms with Gasteiger partial charge in [-0.25, -0.2) is 0 Å². The molecule has 0 fully saturated rings.